The summed E-state index contributed by atoms with van der Waals surface area (Å²) in [5, 5.41) is 10.8. The van der Waals surface area contributed by atoms with Gasteiger partial charge in [-0.2, -0.15) is 0 Å². The van der Waals surface area contributed by atoms with Crippen LogP contribution in [0.5, 0.6) is 5.75 Å². The first-order valence-electron chi connectivity index (χ1n) is 8.57. The molecule has 29 heavy (non-hydrogen) atoms. The molecule has 8 heteroatoms. The van der Waals surface area contributed by atoms with Gasteiger partial charge in [-0.3, -0.25) is 10.1 Å². The van der Waals surface area contributed by atoms with Crippen LogP contribution in [0.15, 0.2) is 76.5 Å². The first-order valence-corrected chi connectivity index (χ1v) is 10.1. The maximum Gasteiger partial charge on any atom is 0.344 e. The van der Waals surface area contributed by atoms with Gasteiger partial charge < -0.3 is 4.74 Å². The minimum absolute atomic E-state index is 0.120. The third-order valence-corrected chi connectivity index (χ3v) is 5.99. The molecule has 0 spiro atoms. The predicted molar refractivity (Wildman–Crippen MR) is 106 cm³/mol. The largest absolute Gasteiger partial charge is 0.423 e. The number of rotatable bonds is 5. The third kappa shape index (κ3) is 4.33. The number of esters is 1. The molecule has 0 atom stereocenters. The number of ether oxygens (including phenoxy) is 1. The van der Waals surface area contributed by atoms with Crippen molar-refractivity contribution in [2.45, 2.75) is 23.6 Å². The molecule has 0 saturated carbocycles. The number of carbonyl (C=O) groups is 1. The van der Waals surface area contributed by atoms with Crippen LogP contribution in [0, 0.1) is 24.0 Å². The van der Waals surface area contributed by atoms with Gasteiger partial charge >= 0.3 is 5.97 Å². The molecule has 0 amide bonds. The second kappa shape index (κ2) is 7.84. The van der Waals surface area contributed by atoms with E-state index in [-0.39, 0.29) is 21.0 Å². The number of carbonyl (C=O) groups excluding carboxylic acids is 1. The van der Waals surface area contributed by atoms with E-state index in [4.69, 9.17) is 4.74 Å². The number of non-ortho nitro benzene ring substituents is 1. The number of hydrogen-bond donors (Lipinski definition) is 0. The fourth-order valence-corrected chi connectivity index (χ4v) is 4.34. The number of hydrogen-bond acceptors (Lipinski definition) is 6. The molecule has 3 aromatic carbocycles. The predicted octanol–water partition coefficient (Wildman–Crippen LogP) is 4.26. The zero-order valence-corrected chi connectivity index (χ0v) is 16.5. The number of nitro benzene ring substituents is 1. The van der Waals surface area contributed by atoms with Crippen LogP contribution in [-0.2, 0) is 9.84 Å². The Morgan fingerprint density at radius 3 is 2.10 bits per heavy atom. The van der Waals surface area contributed by atoms with Crippen molar-refractivity contribution in [1.82, 2.24) is 0 Å². The van der Waals surface area contributed by atoms with Crippen LogP contribution >= 0.6 is 0 Å². The van der Waals surface area contributed by atoms with Crippen LogP contribution in [0.3, 0.4) is 0 Å². The second-order valence-corrected chi connectivity index (χ2v) is 8.38. The van der Waals surface area contributed by atoms with E-state index in [1.165, 1.54) is 24.3 Å². The van der Waals surface area contributed by atoms with Crippen molar-refractivity contribution < 1.29 is 22.9 Å². The van der Waals surface area contributed by atoms with Gasteiger partial charge in [-0.15, -0.1) is 0 Å². The monoisotopic (exact) mass is 411 g/mol. The summed E-state index contributed by atoms with van der Waals surface area (Å²) < 4.78 is 31.4. The van der Waals surface area contributed by atoms with E-state index in [1.54, 1.807) is 12.1 Å². The second-order valence-electron chi connectivity index (χ2n) is 6.46. The Balaban J connectivity index is 1.99. The Kier molecular flexibility index (Phi) is 5.47. The summed E-state index contributed by atoms with van der Waals surface area (Å²) in [6.45, 7) is 3.72. The van der Waals surface area contributed by atoms with E-state index >= 15 is 0 Å². The van der Waals surface area contributed by atoms with Gasteiger partial charge in [0.05, 0.1) is 20.3 Å². The highest BCUT2D eigenvalue weighted by atomic mass is 32.2. The molecule has 0 unspecified atom stereocenters. The van der Waals surface area contributed by atoms with E-state index < -0.39 is 20.7 Å². The van der Waals surface area contributed by atoms with Gasteiger partial charge in [-0.25, -0.2) is 13.2 Å². The van der Waals surface area contributed by atoms with Crippen molar-refractivity contribution in [3.63, 3.8) is 0 Å². The number of nitrogens with zero attached hydrogens (tertiary/aromatic N) is 1. The van der Waals surface area contributed by atoms with E-state index in [0.29, 0.717) is 5.75 Å². The lowest BCUT2D eigenvalue weighted by molar-refractivity contribution is -0.384. The lowest BCUT2D eigenvalue weighted by atomic mass is 10.1. The molecule has 0 aromatic heterocycles. The molecule has 0 saturated heterocycles. The number of benzene rings is 3. The Morgan fingerprint density at radius 1 is 0.931 bits per heavy atom. The first-order chi connectivity index (χ1) is 13.7. The van der Waals surface area contributed by atoms with Crippen molar-refractivity contribution in [3.05, 3.63) is 93.5 Å². The van der Waals surface area contributed by atoms with Crippen LogP contribution in [0.1, 0.15) is 21.5 Å². The van der Waals surface area contributed by atoms with Crippen molar-refractivity contribution in [2.75, 3.05) is 0 Å². The molecule has 0 aliphatic rings. The van der Waals surface area contributed by atoms with Crippen molar-refractivity contribution in [1.29, 1.82) is 0 Å². The number of sulfone groups is 1. The fourth-order valence-electron chi connectivity index (χ4n) is 2.90. The normalized spacial score (nSPS) is 11.1. The van der Waals surface area contributed by atoms with Crippen LogP contribution < -0.4 is 4.74 Å². The van der Waals surface area contributed by atoms with Crippen molar-refractivity contribution in [2.24, 2.45) is 0 Å². The zero-order chi connectivity index (χ0) is 21.2. The molecule has 3 rings (SSSR count). The Morgan fingerprint density at radius 2 is 1.52 bits per heavy atom. The average Bonchev–Trinajstić information content (AvgIpc) is 2.67. The molecular formula is C21H17NO6S. The molecule has 7 nitrogen and oxygen atoms in total. The summed E-state index contributed by atoms with van der Waals surface area (Å²) in [5.74, 6) is -0.494. The summed E-state index contributed by atoms with van der Waals surface area (Å²) in [7, 11) is -4.09. The summed E-state index contributed by atoms with van der Waals surface area (Å²) in [4.78, 5) is 22.5. The molecule has 0 aliphatic carbocycles. The maximum absolute atomic E-state index is 13.0. The highest BCUT2D eigenvalue weighted by Crippen LogP contribution is 2.27. The zero-order valence-electron chi connectivity index (χ0n) is 15.7. The van der Waals surface area contributed by atoms with Crippen LogP contribution in [0.2, 0.25) is 0 Å². The smallest absolute Gasteiger partial charge is 0.344 e. The highest BCUT2D eigenvalue weighted by molar-refractivity contribution is 7.91. The van der Waals surface area contributed by atoms with Gasteiger partial charge in [0.15, 0.2) is 0 Å². The molecule has 148 valence electrons. The first kappa shape index (κ1) is 20.2. The lowest BCUT2D eigenvalue weighted by Gasteiger charge is -2.11. The topological polar surface area (TPSA) is 104 Å². The van der Waals surface area contributed by atoms with Gasteiger partial charge in [-0.1, -0.05) is 18.2 Å². The van der Waals surface area contributed by atoms with Crippen LogP contribution in [0.4, 0.5) is 5.69 Å². The maximum atomic E-state index is 13.0. The average molecular weight is 411 g/mol. The van der Waals surface area contributed by atoms with E-state index in [2.05, 4.69) is 0 Å². The summed E-state index contributed by atoms with van der Waals surface area (Å²) in [6.07, 6.45) is 0. The Labute approximate surface area is 167 Å². The quantitative estimate of drug-likeness (QED) is 0.269. The van der Waals surface area contributed by atoms with Crippen LogP contribution in [-0.4, -0.2) is 19.3 Å². The van der Waals surface area contributed by atoms with E-state index in [9.17, 15) is 23.3 Å². The fraction of sp³-hybridized carbons (Fsp3) is 0.0952. The molecule has 3 aromatic rings. The van der Waals surface area contributed by atoms with Gasteiger partial charge in [0.25, 0.3) is 5.69 Å². The van der Waals surface area contributed by atoms with Gasteiger partial charge in [0.1, 0.15) is 5.75 Å². The Bertz CT molecular complexity index is 1180. The number of aryl methyl sites for hydroxylation is 2. The molecule has 0 fully saturated rings. The number of nitro groups is 1. The molecular weight excluding hydrogens is 394 g/mol. The van der Waals surface area contributed by atoms with E-state index in [1.807, 2.05) is 19.9 Å². The van der Waals surface area contributed by atoms with Crippen molar-refractivity contribution >= 4 is 21.5 Å². The lowest BCUT2D eigenvalue weighted by Crippen LogP contribution is -2.14. The molecule has 0 aliphatic heterocycles. The van der Waals surface area contributed by atoms with Gasteiger partial charge in [0.2, 0.25) is 9.84 Å². The van der Waals surface area contributed by atoms with Crippen LogP contribution in [0.25, 0.3) is 0 Å². The SMILES string of the molecule is Cc1cc(C)cc(OC(=O)c2ccccc2S(=O)(=O)c2ccc([N+](=O)[O-])cc2)c1. The molecule has 0 N–H and O–H groups in total. The summed E-state index contributed by atoms with van der Waals surface area (Å²) >= 11 is 0. The van der Waals surface area contributed by atoms with Gasteiger partial charge in [0, 0.05) is 12.1 Å². The minimum atomic E-state index is -4.09. The third-order valence-electron chi connectivity index (χ3n) is 4.16. The van der Waals surface area contributed by atoms with Crippen molar-refractivity contribution in [3.8, 4) is 5.75 Å². The summed E-state index contributed by atoms with van der Waals surface area (Å²) in [5.41, 5.74) is 1.45. The summed E-state index contributed by atoms with van der Waals surface area (Å²) in [6, 6.07) is 15.4. The van der Waals surface area contributed by atoms with E-state index in [0.717, 1.165) is 35.4 Å². The molecule has 0 heterocycles. The highest BCUT2D eigenvalue weighted by Gasteiger charge is 2.26. The standard InChI is InChI=1S/C21H17NO6S/c1-14-11-15(2)13-17(12-14)28-21(23)19-5-3-4-6-20(19)29(26,27)18-9-7-16(8-10-18)22(24)25/h3-13H,1-2H3. The molecule has 0 radical (unpaired) electrons. The minimum Gasteiger partial charge on any atom is -0.423 e. The molecule has 0 bridgehead atoms. The Hall–Kier alpha value is -3.52. The van der Waals surface area contributed by atoms with Gasteiger partial charge in [-0.05, 0) is 61.4 Å².